The molecule has 0 aliphatic rings. The number of carbonyl (C=O) groups excluding carboxylic acids is 1. The number of hydrogen-bond acceptors (Lipinski definition) is 4. The summed E-state index contributed by atoms with van der Waals surface area (Å²) in [6.07, 6.45) is 3.12. The van der Waals surface area contributed by atoms with Gasteiger partial charge in [-0.15, -0.1) is 0 Å². The molecule has 0 aliphatic heterocycles. The Labute approximate surface area is 144 Å². The van der Waals surface area contributed by atoms with Crippen molar-refractivity contribution in [2.45, 2.75) is 0 Å². The van der Waals surface area contributed by atoms with Gasteiger partial charge in [-0.25, -0.2) is 9.97 Å². The van der Waals surface area contributed by atoms with Crippen LogP contribution >= 0.6 is 11.6 Å². The number of halogens is 1. The van der Waals surface area contributed by atoms with E-state index >= 15 is 0 Å². The lowest BCUT2D eigenvalue weighted by Gasteiger charge is -2.09. The number of methoxy groups -OCH3 is 1. The Balaban J connectivity index is 1.79. The molecule has 0 radical (unpaired) electrons. The van der Waals surface area contributed by atoms with Gasteiger partial charge in [-0.2, -0.15) is 0 Å². The number of nitrogens with one attached hydrogen (secondary N) is 1. The molecule has 3 rings (SSSR count). The van der Waals surface area contributed by atoms with Crippen molar-refractivity contribution in [1.29, 1.82) is 0 Å². The number of hydrogen-bond donors (Lipinski definition) is 1. The Kier molecular flexibility index (Phi) is 4.72. The van der Waals surface area contributed by atoms with Gasteiger partial charge in [-0.3, -0.25) is 4.79 Å². The first-order chi connectivity index (χ1) is 11.7. The first kappa shape index (κ1) is 16.0. The van der Waals surface area contributed by atoms with Gasteiger partial charge in [0.2, 0.25) is 0 Å². The van der Waals surface area contributed by atoms with Gasteiger partial charge in [-0.05, 0) is 18.2 Å². The van der Waals surface area contributed by atoms with E-state index in [-0.39, 0.29) is 5.91 Å². The van der Waals surface area contributed by atoms with E-state index in [0.29, 0.717) is 27.8 Å². The molecular formula is C18H14ClN3O2. The van der Waals surface area contributed by atoms with Crippen molar-refractivity contribution in [3.05, 3.63) is 71.5 Å². The van der Waals surface area contributed by atoms with E-state index < -0.39 is 0 Å². The number of nitrogens with zero attached hydrogens (tertiary/aromatic N) is 2. The average Bonchev–Trinajstić information content (AvgIpc) is 2.63. The van der Waals surface area contributed by atoms with Gasteiger partial charge >= 0.3 is 0 Å². The summed E-state index contributed by atoms with van der Waals surface area (Å²) in [5, 5.41) is 3.19. The van der Waals surface area contributed by atoms with Gasteiger partial charge in [0.05, 0.1) is 30.8 Å². The lowest BCUT2D eigenvalue weighted by Crippen LogP contribution is -2.13. The molecule has 0 unspecified atom stereocenters. The minimum absolute atomic E-state index is 0.342. The van der Waals surface area contributed by atoms with E-state index in [9.17, 15) is 4.79 Å². The van der Waals surface area contributed by atoms with Crippen molar-refractivity contribution in [3.8, 4) is 17.1 Å². The van der Waals surface area contributed by atoms with Crippen LogP contribution in [0.1, 0.15) is 10.4 Å². The maximum absolute atomic E-state index is 12.4. The van der Waals surface area contributed by atoms with Crippen molar-refractivity contribution in [2.75, 3.05) is 12.4 Å². The normalized spacial score (nSPS) is 10.2. The third-order valence-corrected chi connectivity index (χ3v) is 3.58. The van der Waals surface area contributed by atoms with Gasteiger partial charge in [0.25, 0.3) is 5.91 Å². The molecule has 120 valence electrons. The molecule has 6 heteroatoms. The van der Waals surface area contributed by atoms with Crippen LogP contribution < -0.4 is 10.1 Å². The van der Waals surface area contributed by atoms with Crippen molar-refractivity contribution >= 4 is 23.2 Å². The number of ether oxygens (including phenoxy) is 1. The quantitative estimate of drug-likeness (QED) is 0.778. The van der Waals surface area contributed by atoms with Crippen LogP contribution in [0.25, 0.3) is 11.4 Å². The highest BCUT2D eigenvalue weighted by atomic mass is 35.5. The Hall–Kier alpha value is -2.92. The summed E-state index contributed by atoms with van der Waals surface area (Å²) in [6, 6.07) is 14.5. The van der Waals surface area contributed by atoms with Crippen molar-refractivity contribution in [2.24, 2.45) is 0 Å². The predicted octanol–water partition coefficient (Wildman–Crippen LogP) is 4.06. The lowest BCUT2D eigenvalue weighted by molar-refractivity contribution is 0.102. The summed E-state index contributed by atoms with van der Waals surface area (Å²) in [5.41, 5.74) is 1.74. The molecule has 24 heavy (non-hydrogen) atoms. The fourth-order valence-electron chi connectivity index (χ4n) is 2.18. The van der Waals surface area contributed by atoms with Crippen LogP contribution in [0.15, 0.2) is 60.9 Å². The summed E-state index contributed by atoms with van der Waals surface area (Å²) in [7, 11) is 1.50. The largest absolute Gasteiger partial charge is 0.496 e. The molecule has 0 atom stereocenters. The van der Waals surface area contributed by atoms with E-state index in [0.717, 1.165) is 5.56 Å². The molecule has 5 nitrogen and oxygen atoms in total. The van der Waals surface area contributed by atoms with Gasteiger partial charge in [-0.1, -0.05) is 41.9 Å². The Bertz CT molecular complexity index is 852. The monoisotopic (exact) mass is 339 g/mol. The van der Waals surface area contributed by atoms with Gasteiger partial charge in [0.15, 0.2) is 5.82 Å². The minimum Gasteiger partial charge on any atom is -0.496 e. The number of benzene rings is 2. The zero-order valence-corrected chi connectivity index (χ0v) is 13.6. The second kappa shape index (κ2) is 7.10. The maximum Gasteiger partial charge on any atom is 0.259 e. The second-order valence-corrected chi connectivity index (χ2v) is 5.40. The molecule has 1 heterocycles. The highest BCUT2D eigenvalue weighted by Crippen LogP contribution is 2.23. The first-order valence-corrected chi connectivity index (χ1v) is 7.57. The van der Waals surface area contributed by atoms with Gasteiger partial charge in [0, 0.05) is 10.6 Å². The van der Waals surface area contributed by atoms with Crippen LogP contribution in [0, 0.1) is 0 Å². The Morgan fingerprint density at radius 2 is 1.79 bits per heavy atom. The predicted molar refractivity (Wildman–Crippen MR) is 93.4 cm³/mol. The van der Waals surface area contributed by atoms with Crippen LogP contribution in [-0.2, 0) is 0 Å². The van der Waals surface area contributed by atoms with Crippen LogP contribution in [0.4, 0.5) is 5.69 Å². The summed E-state index contributed by atoms with van der Waals surface area (Å²) in [5.74, 6) is 0.693. The third kappa shape index (κ3) is 3.52. The molecule has 0 saturated heterocycles. The SMILES string of the molecule is COc1ccc(Cl)cc1C(=O)Nc1cnc(-c2ccccc2)nc1. The van der Waals surface area contributed by atoms with E-state index in [1.165, 1.54) is 7.11 Å². The van der Waals surface area contributed by atoms with Gasteiger partial charge < -0.3 is 10.1 Å². The Morgan fingerprint density at radius 3 is 2.46 bits per heavy atom. The molecule has 0 fully saturated rings. The number of aromatic nitrogens is 2. The van der Waals surface area contributed by atoms with E-state index in [2.05, 4.69) is 15.3 Å². The van der Waals surface area contributed by atoms with Crippen LogP contribution in [-0.4, -0.2) is 23.0 Å². The summed E-state index contributed by atoms with van der Waals surface area (Å²) in [4.78, 5) is 20.9. The first-order valence-electron chi connectivity index (χ1n) is 7.20. The van der Waals surface area contributed by atoms with Gasteiger partial charge in [0.1, 0.15) is 5.75 Å². The zero-order chi connectivity index (χ0) is 16.9. The molecule has 0 spiro atoms. The summed E-state index contributed by atoms with van der Waals surface area (Å²) >= 11 is 5.95. The zero-order valence-electron chi connectivity index (χ0n) is 12.9. The minimum atomic E-state index is -0.342. The molecular weight excluding hydrogens is 326 g/mol. The van der Waals surface area contributed by atoms with Crippen molar-refractivity contribution in [1.82, 2.24) is 9.97 Å². The maximum atomic E-state index is 12.4. The number of anilines is 1. The molecule has 1 amide bonds. The summed E-state index contributed by atoms with van der Waals surface area (Å²) < 4.78 is 5.19. The molecule has 1 N–H and O–H groups in total. The third-order valence-electron chi connectivity index (χ3n) is 3.35. The van der Waals surface area contributed by atoms with Crippen LogP contribution in [0.3, 0.4) is 0 Å². The number of carbonyl (C=O) groups is 1. The van der Waals surface area contributed by atoms with E-state index in [4.69, 9.17) is 16.3 Å². The highest BCUT2D eigenvalue weighted by Gasteiger charge is 2.13. The summed E-state index contributed by atoms with van der Waals surface area (Å²) in [6.45, 7) is 0. The van der Waals surface area contributed by atoms with Crippen molar-refractivity contribution in [3.63, 3.8) is 0 Å². The molecule has 0 aliphatic carbocycles. The van der Waals surface area contributed by atoms with Crippen molar-refractivity contribution < 1.29 is 9.53 Å². The lowest BCUT2D eigenvalue weighted by atomic mass is 10.2. The fourth-order valence-corrected chi connectivity index (χ4v) is 2.36. The van der Waals surface area contributed by atoms with E-state index in [1.807, 2.05) is 30.3 Å². The number of amides is 1. The smallest absolute Gasteiger partial charge is 0.259 e. The fraction of sp³-hybridized carbons (Fsp3) is 0.0556. The molecule has 1 aromatic heterocycles. The van der Waals surface area contributed by atoms with Crippen LogP contribution in [0.5, 0.6) is 5.75 Å². The molecule has 3 aromatic rings. The Morgan fingerprint density at radius 1 is 1.08 bits per heavy atom. The molecule has 2 aromatic carbocycles. The highest BCUT2D eigenvalue weighted by molar-refractivity contribution is 6.31. The second-order valence-electron chi connectivity index (χ2n) is 4.96. The average molecular weight is 340 g/mol. The number of rotatable bonds is 4. The molecule has 0 bridgehead atoms. The molecule has 0 saturated carbocycles. The van der Waals surface area contributed by atoms with Crippen LogP contribution in [0.2, 0.25) is 5.02 Å². The topological polar surface area (TPSA) is 64.1 Å². The standard InChI is InChI=1S/C18H14ClN3O2/c1-24-16-8-7-13(19)9-15(16)18(23)22-14-10-20-17(21-11-14)12-5-3-2-4-6-12/h2-11H,1H3,(H,22,23). The van der Waals surface area contributed by atoms with E-state index in [1.54, 1.807) is 30.6 Å².